The summed E-state index contributed by atoms with van der Waals surface area (Å²) in [6.45, 7) is 9.67. The molecule has 3 fully saturated rings. The van der Waals surface area contributed by atoms with E-state index in [1.54, 1.807) is 0 Å². The lowest BCUT2D eigenvalue weighted by atomic mass is 9.78. The molecule has 130 valence electrons. The minimum Gasteiger partial charge on any atom is -0.338 e. The van der Waals surface area contributed by atoms with Crippen molar-refractivity contribution >= 4 is 5.91 Å². The van der Waals surface area contributed by atoms with Crippen molar-refractivity contribution in [2.24, 2.45) is 11.3 Å². The Labute approximate surface area is 142 Å². The third-order valence-electron chi connectivity index (χ3n) is 6.48. The molecule has 0 aromatic carbocycles. The molecule has 1 aliphatic carbocycles. The van der Waals surface area contributed by atoms with Crippen LogP contribution < -0.4 is 0 Å². The van der Waals surface area contributed by atoms with Crippen molar-refractivity contribution in [3.8, 4) is 0 Å². The lowest BCUT2D eigenvalue weighted by molar-refractivity contribution is -0.126. The average molecular weight is 319 g/mol. The molecule has 0 aromatic heterocycles. The van der Waals surface area contributed by atoms with Gasteiger partial charge < -0.3 is 9.80 Å². The SMILES string of the molecule is C/C=C(\C)C(=O)N1CCC2(CCCN(CC3CCCCC3)C2)C1. The summed E-state index contributed by atoms with van der Waals surface area (Å²) in [6, 6.07) is 0. The monoisotopic (exact) mass is 318 g/mol. The van der Waals surface area contributed by atoms with Crippen LogP contribution in [0.4, 0.5) is 0 Å². The molecule has 2 heterocycles. The van der Waals surface area contributed by atoms with Crippen molar-refractivity contribution in [2.45, 2.75) is 65.2 Å². The van der Waals surface area contributed by atoms with Crippen LogP contribution >= 0.6 is 0 Å². The molecule has 3 aliphatic rings. The van der Waals surface area contributed by atoms with Crippen LogP contribution in [0.25, 0.3) is 0 Å². The van der Waals surface area contributed by atoms with Gasteiger partial charge in [0.05, 0.1) is 0 Å². The maximum absolute atomic E-state index is 12.4. The maximum atomic E-state index is 12.4. The third kappa shape index (κ3) is 3.99. The van der Waals surface area contributed by atoms with Gasteiger partial charge in [-0.05, 0) is 58.4 Å². The number of likely N-dealkylation sites (tertiary alicyclic amines) is 2. The van der Waals surface area contributed by atoms with Gasteiger partial charge in [0.25, 0.3) is 0 Å². The number of nitrogens with zero attached hydrogens (tertiary/aromatic N) is 2. The third-order valence-corrected chi connectivity index (χ3v) is 6.48. The van der Waals surface area contributed by atoms with E-state index in [9.17, 15) is 4.79 Å². The van der Waals surface area contributed by atoms with E-state index < -0.39 is 0 Å². The van der Waals surface area contributed by atoms with Crippen LogP contribution in [0, 0.1) is 11.3 Å². The van der Waals surface area contributed by atoms with Crippen LogP contribution in [-0.2, 0) is 4.79 Å². The Morgan fingerprint density at radius 2 is 1.87 bits per heavy atom. The number of piperidine rings is 1. The van der Waals surface area contributed by atoms with Gasteiger partial charge in [0.2, 0.25) is 5.91 Å². The van der Waals surface area contributed by atoms with E-state index >= 15 is 0 Å². The van der Waals surface area contributed by atoms with Gasteiger partial charge in [-0.25, -0.2) is 0 Å². The van der Waals surface area contributed by atoms with E-state index in [0.717, 1.165) is 24.6 Å². The highest BCUT2D eigenvalue weighted by molar-refractivity contribution is 5.92. The lowest BCUT2D eigenvalue weighted by Crippen LogP contribution is -2.47. The van der Waals surface area contributed by atoms with Crippen LogP contribution in [0.3, 0.4) is 0 Å². The number of carbonyl (C=O) groups is 1. The van der Waals surface area contributed by atoms with E-state index in [0.29, 0.717) is 5.41 Å². The molecule has 1 amide bonds. The molecule has 3 heteroatoms. The minimum absolute atomic E-state index is 0.258. The maximum Gasteiger partial charge on any atom is 0.249 e. The van der Waals surface area contributed by atoms with Crippen molar-refractivity contribution in [3.05, 3.63) is 11.6 Å². The van der Waals surface area contributed by atoms with Gasteiger partial charge in [0.1, 0.15) is 0 Å². The predicted molar refractivity (Wildman–Crippen MR) is 95.3 cm³/mol. The molecule has 1 saturated carbocycles. The van der Waals surface area contributed by atoms with E-state index in [1.807, 2.05) is 19.9 Å². The van der Waals surface area contributed by atoms with Crippen LogP contribution in [0.1, 0.15) is 65.2 Å². The number of carbonyl (C=O) groups excluding carboxylic acids is 1. The Balaban J connectivity index is 1.56. The molecule has 0 radical (unpaired) electrons. The van der Waals surface area contributed by atoms with Crippen molar-refractivity contribution < 1.29 is 4.79 Å². The number of hydrogen-bond acceptors (Lipinski definition) is 2. The van der Waals surface area contributed by atoms with Gasteiger partial charge in [-0.15, -0.1) is 0 Å². The van der Waals surface area contributed by atoms with E-state index in [1.165, 1.54) is 71.0 Å². The largest absolute Gasteiger partial charge is 0.338 e. The van der Waals surface area contributed by atoms with Crippen molar-refractivity contribution in [3.63, 3.8) is 0 Å². The summed E-state index contributed by atoms with van der Waals surface area (Å²) >= 11 is 0. The predicted octanol–water partition coefficient (Wildman–Crippen LogP) is 3.85. The van der Waals surface area contributed by atoms with Crippen LogP contribution in [-0.4, -0.2) is 48.4 Å². The quantitative estimate of drug-likeness (QED) is 0.738. The summed E-state index contributed by atoms with van der Waals surface area (Å²) in [5.74, 6) is 1.19. The van der Waals surface area contributed by atoms with Gasteiger partial charge in [-0.2, -0.15) is 0 Å². The molecule has 23 heavy (non-hydrogen) atoms. The summed E-state index contributed by atoms with van der Waals surface area (Å²) in [5, 5.41) is 0. The minimum atomic E-state index is 0.258. The van der Waals surface area contributed by atoms with Crippen LogP contribution in [0.5, 0.6) is 0 Å². The molecule has 0 N–H and O–H groups in total. The number of rotatable bonds is 3. The fourth-order valence-electron chi connectivity index (χ4n) is 5.02. The first-order chi connectivity index (χ1) is 11.1. The highest BCUT2D eigenvalue weighted by atomic mass is 16.2. The zero-order chi connectivity index (χ0) is 16.3. The zero-order valence-electron chi connectivity index (χ0n) is 15.1. The van der Waals surface area contributed by atoms with Gasteiger partial charge >= 0.3 is 0 Å². The standard InChI is InChI=1S/C20H34N2O/c1-3-17(2)19(23)22-13-11-20(16-22)10-7-12-21(15-20)14-18-8-5-4-6-9-18/h3,18H,4-16H2,1-2H3/b17-3+. The fraction of sp³-hybridized carbons (Fsp3) is 0.850. The van der Waals surface area contributed by atoms with Crippen LogP contribution in [0.2, 0.25) is 0 Å². The second-order valence-corrected chi connectivity index (χ2v) is 8.29. The summed E-state index contributed by atoms with van der Waals surface area (Å²) in [6.07, 6.45) is 13.0. The second kappa shape index (κ2) is 7.38. The molecule has 3 rings (SSSR count). The summed E-state index contributed by atoms with van der Waals surface area (Å²) < 4.78 is 0. The van der Waals surface area contributed by atoms with E-state index in [-0.39, 0.29) is 5.91 Å². The lowest BCUT2D eigenvalue weighted by Gasteiger charge is -2.42. The second-order valence-electron chi connectivity index (χ2n) is 8.29. The molecule has 2 saturated heterocycles. The Morgan fingerprint density at radius 1 is 1.09 bits per heavy atom. The van der Waals surface area contributed by atoms with Gasteiger partial charge in [-0.3, -0.25) is 4.79 Å². The van der Waals surface area contributed by atoms with Gasteiger partial charge in [0, 0.05) is 37.2 Å². The molecule has 2 aliphatic heterocycles. The Morgan fingerprint density at radius 3 is 2.61 bits per heavy atom. The van der Waals surface area contributed by atoms with E-state index in [4.69, 9.17) is 0 Å². The molecule has 1 unspecified atom stereocenters. The van der Waals surface area contributed by atoms with E-state index in [2.05, 4.69) is 9.80 Å². The average Bonchev–Trinajstić information content (AvgIpc) is 2.97. The Hall–Kier alpha value is -0.830. The normalized spacial score (nSPS) is 31.0. The van der Waals surface area contributed by atoms with Gasteiger partial charge in [0.15, 0.2) is 0 Å². The summed E-state index contributed by atoms with van der Waals surface area (Å²) in [7, 11) is 0. The Kier molecular flexibility index (Phi) is 5.45. The number of hydrogen-bond donors (Lipinski definition) is 0. The van der Waals surface area contributed by atoms with Crippen LogP contribution in [0.15, 0.2) is 11.6 Å². The van der Waals surface area contributed by atoms with Crippen molar-refractivity contribution in [2.75, 3.05) is 32.7 Å². The zero-order valence-corrected chi connectivity index (χ0v) is 15.1. The fourth-order valence-corrected chi connectivity index (χ4v) is 5.02. The molecule has 1 spiro atoms. The molecule has 0 bridgehead atoms. The number of allylic oxidation sites excluding steroid dienone is 1. The number of amides is 1. The molecular formula is C20H34N2O. The topological polar surface area (TPSA) is 23.6 Å². The molecule has 1 atom stereocenters. The first kappa shape index (κ1) is 17.0. The highest BCUT2D eigenvalue weighted by Gasteiger charge is 2.43. The van der Waals surface area contributed by atoms with Gasteiger partial charge in [-0.1, -0.05) is 25.3 Å². The first-order valence-corrected chi connectivity index (χ1v) is 9.76. The highest BCUT2D eigenvalue weighted by Crippen LogP contribution is 2.40. The Bertz CT molecular complexity index is 453. The smallest absolute Gasteiger partial charge is 0.249 e. The van der Waals surface area contributed by atoms with Crippen molar-refractivity contribution in [1.82, 2.24) is 9.80 Å². The molecular weight excluding hydrogens is 284 g/mol. The summed E-state index contributed by atoms with van der Waals surface area (Å²) in [4.78, 5) is 17.3. The molecule has 3 nitrogen and oxygen atoms in total. The summed E-state index contributed by atoms with van der Waals surface area (Å²) in [5.41, 5.74) is 1.29. The molecule has 0 aromatic rings. The first-order valence-electron chi connectivity index (χ1n) is 9.76. The van der Waals surface area contributed by atoms with Crippen molar-refractivity contribution in [1.29, 1.82) is 0 Å².